The first-order valence-corrected chi connectivity index (χ1v) is 5.60. The quantitative estimate of drug-likeness (QED) is 0.487. The van der Waals surface area contributed by atoms with Crippen LogP contribution < -0.4 is 0 Å². The minimum absolute atomic E-state index is 0.0389. The van der Waals surface area contributed by atoms with Crippen molar-refractivity contribution in [1.82, 2.24) is 0 Å². The van der Waals surface area contributed by atoms with Crippen LogP contribution in [0.2, 0.25) is 5.02 Å². The summed E-state index contributed by atoms with van der Waals surface area (Å²) in [5, 5.41) is 10.7. The Morgan fingerprint density at radius 3 is 2.37 bits per heavy atom. The summed E-state index contributed by atoms with van der Waals surface area (Å²) >= 11 is 5.67. The number of benzene rings is 2. The molecule has 0 amide bonds. The van der Waals surface area contributed by atoms with Gasteiger partial charge in [-0.25, -0.2) is 4.39 Å². The summed E-state index contributed by atoms with van der Waals surface area (Å²) in [5.74, 6) is -0.553. The molecule has 0 aliphatic rings. The molecule has 0 bridgehead atoms. The summed E-state index contributed by atoms with van der Waals surface area (Å²) in [6, 6.07) is 8.16. The lowest BCUT2D eigenvalue weighted by atomic mass is 10.0. The van der Waals surface area contributed by atoms with E-state index in [0.29, 0.717) is 17.4 Å². The lowest BCUT2D eigenvalue weighted by Gasteiger charge is -2.04. The second-order valence-electron chi connectivity index (χ2n) is 3.78. The summed E-state index contributed by atoms with van der Waals surface area (Å²) in [6.07, 6.45) is 0.409. The fourth-order valence-corrected chi connectivity index (χ4v) is 1.85. The molecule has 0 heterocycles. The van der Waals surface area contributed by atoms with E-state index in [4.69, 9.17) is 11.6 Å². The summed E-state index contributed by atoms with van der Waals surface area (Å²) < 4.78 is 13.1. The van der Waals surface area contributed by atoms with Gasteiger partial charge in [0.05, 0.1) is 15.5 Å². The van der Waals surface area contributed by atoms with E-state index in [1.54, 1.807) is 0 Å². The Balaban J connectivity index is 2.54. The first-order valence-electron chi connectivity index (χ1n) is 5.22. The molecule has 0 aliphatic carbocycles. The lowest BCUT2D eigenvalue weighted by Crippen LogP contribution is -1.94. The molecule has 0 fully saturated rings. The highest BCUT2D eigenvalue weighted by Gasteiger charge is 2.14. The van der Waals surface area contributed by atoms with Crippen LogP contribution in [0.25, 0.3) is 11.1 Å². The monoisotopic (exact) mass is 279 g/mol. The van der Waals surface area contributed by atoms with Crippen molar-refractivity contribution in [3.05, 3.63) is 62.9 Å². The van der Waals surface area contributed by atoms with Crippen molar-refractivity contribution in [3.63, 3.8) is 0 Å². The number of halogens is 2. The highest BCUT2D eigenvalue weighted by atomic mass is 35.5. The molecule has 2 rings (SSSR count). The number of nitrogens with zero attached hydrogens (tertiary/aromatic N) is 1. The topological polar surface area (TPSA) is 60.2 Å². The Bertz CT molecular complexity index is 673. The van der Waals surface area contributed by atoms with Gasteiger partial charge in [-0.2, -0.15) is 0 Å². The van der Waals surface area contributed by atoms with Crippen LogP contribution in [-0.2, 0) is 0 Å². The van der Waals surface area contributed by atoms with Gasteiger partial charge in [-0.05, 0) is 35.4 Å². The zero-order valence-corrected chi connectivity index (χ0v) is 10.2. The molecule has 0 atom stereocenters. The van der Waals surface area contributed by atoms with Crippen molar-refractivity contribution in [2.45, 2.75) is 0 Å². The maximum atomic E-state index is 13.1. The molecule has 4 nitrogen and oxygen atoms in total. The van der Waals surface area contributed by atoms with Gasteiger partial charge in [0.2, 0.25) is 0 Å². The Morgan fingerprint density at radius 1 is 1.16 bits per heavy atom. The van der Waals surface area contributed by atoms with Crippen molar-refractivity contribution < 1.29 is 14.1 Å². The van der Waals surface area contributed by atoms with Crippen molar-refractivity contribution in [2.75, 3.05) is 0 Å². The molecule has 0 spiro atoms. The lowest BCUT2D eigenvalue weighted by molar-refractivity contribution is -0.385. The average Bonchev–Trinajstić information content (AvgIpc) is 2.41. The largest absolute Gasteiger partial charge is 0.298 e. The maximum Gasteiger partial charge on any atom is 0.279 e. The Hall–Kier alpha value is -2.27. The Labute approximate surface area is 112 Å². The van der Waals surface area contributed by atoms with Crippen LogP contribution >= 0.6 is 11.6 Å². The van der Waals surface area contributed by atoms with E-state index in [0.717, 1.165) is 0 Å². The molecule has 0 saturated heterocycles. The van der Waals surface area contributed by atoms with Gasteiger partial charge >= 0.3 is 0 Å². The van der Waals surface area contributed by atoms with Gasteiger partial charge in [0, 0.05) is 6.07 Å². The highest BCUT2D eigenvalue weighted by Crippen LogP contribution is 2.28. The summed E-state index contributed by atoms with van der Waals surface area (Å²) in [7, 11) is 0. The van der Waals surface area contributed by atoms with Crippen LogP contribution in [0.4, 0.5) is 10.1 Å². The molecule has 0 aliphatic heterocycles. The highest BCUT2D eigenvalue weighted by molar-refractivity contribution is 6.31. The zero-order chi connectivity index (χ0) is 14.0. The van der Waals surface area contributed by atoms with Gasteiger partial charge in [-0.1, -0.05) is 17.7 Å². The second-order valence-corrected chi connectivity index (χ2v) is 4.18. The number of nitro benzene ring substituents is 1. The summed E-state index contributed by atoms with van der Waals surface area (Å²) in [6.45, 7) is 0. The molecule has 96 valence electrons. The van der Waals surface area contributed by atoms with Gasteiger partial charge in [0.25, 0.3) is 5.69 Å². The van der Waals surface area contributed by atoms with Gasteiger partial charge in [0.15, 0.2) is 6.29 Å². The molecule has 2 aromatic rings. The van der Waals surface area contributed by atoms with E-state index in [-0.39, 0.29) is 16.3 Å². The number of aldehydes is 1. The van der Waals surface area contributed by atoms with Crippen molar-refractivity contribution in [1.29, 1.82) is 0 Å². The third-order valence-electron chi connectivity index (χ3n) is 2.60. The predicted octanol–water partition coefficient (Wildman–Crippen LogP) is 3.87. The normalized spacial score (nSPS) is 10.2. The van der Waals surface area contributed by atoms with Crippen molar-refractivity contribution in [2.24, 2.45) is 0 Å². The van der Waals surface area contributed by atoms with Crippen LogP contribution in [-0.4, -0.2) is 11.2 Å². The molecule has 6 heteroatoms. The number of carbonyl (C=O) groups is 1. The SMILES string of the molecule is O=Cc1cc(-c2ccc(F)c(Cl)c2)ccc1[N+](=O)[O-]. The molecular weight excluding hydrogens is 273 g/mol. The Kier molecular flexibility index (Phi) is 3.57. The maximum absolute atomic E-state index is 13.1. The second kappa shape index (κ2) is 5.16. The fraction of sp³-hybridized carbons (Fsp3) is 0. The van der Waals surface area contributed by atoms with E-state index in [2.05, 4.69) is 0 Å². The van der Waals surface area contributed by atoms with Gasteiger partial charge < -0.3 is 0 Å². The van der Waals surface area contributed by atoms with Crippen LogP contribution in [0.1, 0.15) is 10.4 Å². The van der Waals surface area contributed by atoms with Crippen LogP contribution in [0.3, 0.4) is 0 Å². The molecule has 0 saturated carbocycles. The number of nitro groups is 1. The number of hydrogen-bond acceptors (Lipinski definition) is 3. The minimum Gasteiger partial charge on any atom is -0.298 e. The van der Waals surface area contributed by atoms with E-state index in [9.17, 15) is 19.3 Å². The zero-order valence-electron chi connectivity index (χ0n) is 9.47. The average molecular weight is 280 g/mol. The summed E-state index contributed by atoms with van der Waals surface area (Å²) in [4.78, 5) is 20.9. The first kappa shape index (κ1) is 13.2. The molecular formula is C13H7ClFNO3. The molecule has 0 aromatic heterocycles. The molecule has 0 radical (unpaired) electrons. The third-order valence-corrected chi connectivity index (χ3v) is 2.89. The number of hydrogen-bond donors (Lipinski definition) is 0. The van der Waals surface area contributed by atoms with Gasteiger partial charge in [-0.15, -0.1) is 0 Å². The number of rotatable bonds is 3. The van der Waals surface area contributed by atoms with Gasteiger partial charge in [-0.3, -0.25) is 14.9 Å². The fourth-order valence-electron chi connectivity index (χ4n) is 1.67. The van der Waals surface area contributed by atoms with Crippen LogP contribution in [0.15, 0.2) is 36.4 Å². The first-order chi connectivity index (χ1) is 9.02. The van der Waals surface area contributed by atoms with Crippen molar-refractivity contribution in [3.8, 4) is 11.1 Å². The minimum atomic E-state index is -0.634. The van der Waals surface area contributed by atoms with Gasteiger partial charge in [0.1, 0.15) is 5.82 Å². The van der Waals surface area contributed by atoms with Crippen LogP contribution in [0, 0.1) is 15.9 Å². The van der Waals surface area contributed by atoms with E-state index >= 15 is 0 Å². The summed E-state index contributed by atoms with van der Waals surface area (Å²) in [5.41, 5.74) is 0.814. The van der Waals surface area contributed by atoms with E-state index in [1.807, 2.05) is 0 Å². The van der Waals surface area contributed by atoms with E-state index in [1.165, 1.54) is 36.4 Å². The van der Waals surface area contributed by atoms with Crippen LogP contribution in [0.5, 0.6) is 0 Å². The smallest absolute Gasteiger partial charge is 0.279 e. The standard InChI is InChI=1S/C13H7ClFNO3/c14-11-6-9(1-3-12(11)15)8-2-4-13(16(18)19)10(5-8)7-17/h1-7H. The Morgan fingerprint density at radius 2 is 1.79 bits per heavy atom. The third kappa shape index (κ3) is 2.61. The number of carbonyl (C=O) groups excluding carboxylic acids is 1. The molecule has 0 N–H and O–H groups in total. The molecule has 19 heavy (non-hydrogen) atoms. The molecule has 2 aromatic carbocycles. The van der Waals surface area contributed by atoms with Crippen molar-refractivity contribution >= 4 is 23.6 Å². The molecule has 0 unspecified atom stereocenters. The van der Waals surface area contributed by atoms with E-state index < -0.39 is 10.7 Å². The predicted molar refractivity (Wildman–Crippen MR) is 68.9 cm³/mol.